The van der Waals surface area contributed by atoms with Crippen LogP contribution in [0, 0.1) is 17.7 Å². The van der Waals surface area contributed by atoms with Gasteiger partial charge in [0.25, 0.3) is 5.91 Å². The standard InChI is InChI=1S/C21H23ClF4N2O4/c22-15-2-1-13(5-16(15)23)31-10-19(30)28-20-6-11(7-20)17(8-20)27-18(29)9-32-14-3-12(4-14)21(24,25)26/h1-2,5,11-12,14,17H,3-4,6-10H2,(H,27,29)(H,28,30)/t11?,12?,14?,17-,20?/m0/s1. The van der Waals surface area contributed by atoms with Crippen molar-refractivity contribution in [2.45, 2.75) is 56.0 Å². The predicted molar refractivity (Wildman–Crippen MR) is 106 cm³/mol. The summed E-state index contributed by atoms with van der Waals surface area (Å²) >= 11 is 5.61. The van der Waals surface area contributed by atoms with Crippen LogP contribution in [0.15, 0.2) is 18.2 Å². The fraction of sp³-hybridized carbons (Fsp3) is 0.619. The third-order valence-electron chi connectivity index (χ3n) is 6.51. The summed E-state index contributed by atoms with van der Waals surface area (Å²) in [5, 5.41) is 5.76. The summed E-state index contributed by atoms with van der Waals surface area (Å²) < 4.78 is 61.5. The van der Waals surface area contributed by atoms with E-state index in [-0.39, 0.29) is 60.6 Å². The molecule has 4 saturated carbocycles. The van der Waals surface area contributed by atoms with Gasteiger partial charge < -0.3 is 20.1 Å². The van der Waals surface area contributed by atoms with Crippen LogP contribution in [0.5, 0.6) is 5.75 Å². The number of nitrogens with one attached hydrogen (secondary N) is 2. The molecule has 1 aromatic rings. The Morgan fingerprint density at radius 1 is 1.12 bits per heavy atom. The molecule has 1 aromatic carbocycles. The van der Waals surface area contributed by atoms with Gasteiger partial charge in [0.2, 0.25) is 5.91 Å². The van der Waals surface area contributed by atoms with E-state index < -0.39 is 29.6 Å². The van der Waals surface area contributed by atoms with E-state index in [4.69, 9.17) is 21.1 Å². The second-order valence-electron chi connectivity index (χ2n) is 8.88. The first-order valence-electron chi connectivity index (χ1n) is 10.4. The van der Waals surface area contributed by atoms with Gasteiger partial charge in [-0.1, -0.05) is 11.6 Å². The van der Waals surface area contributed by atoms with E-state index in [1.165, 1.54) is 12.1 Å². The molecule has 4 aliphatic carbocycles. The largest absolute Gasteiger partial charge is 0.484 e. The zero-order valence-corrected chi connectivity index (χ0v) is 17.8. The van der Waals surface area contributed by atoms with Crippen LogP contribution < -0.4 is 15.4 Å². The van der Waals surface area contributed by atoms with Gasteiger partial charge >= 0.3 is 6.18 Å². The van der Waals surface area contributed by atoms with Crippen LogP contribution in [0.4, 0.5) is 17.6 Å². The van der Waals surface area contributed by atoms with Gasteiger partial charge in [-0.15, -0.1) is 0 Å². The number of halogens is 5. The second-order valence-corrected chi connectivity index (χ2v) is 9.29. The Balaban J connectivity index is 1.15. The number of hydrogen-bond donors (Lipinski definition) is 2. The molecule has 2 amide bonds. The van der Waals surface area contributed by atoms with Crippen molar-refractivity contribution in [1.82, 2.24) is 10.6 Å². The quantitative estimate of drug-likeness (QED) is 0.562. The Morgan fingerprint density at radius 3 is 2.50 bits per heavy atom. The molecule has 0 heterocycles. The minimum atomic E-state index is -4.21. The molecular formula is C21H23ClF4N2O4. The van der Waals surface area contributed by atoms with Gasteiger partial charge in [0.1, 0.15) is 18.2 Å². The van der Waals surface area contributed by atoms with Gasteiger partial charge in [0, 0.05) is 17.6 Å². The van der Waals surface area contributed by atoms with E-state index in [0.717, 1.165) is 18.9 Å². The van der Waals surface area contributed by atoms with Crippen LogP contribution in [-0.4, -0.2) is 48.9 Å². The van der Waals surface area contributed by atoms with Crippen LogP contribution in [0.2, 0.25) is 5.02 Å². The monoisotopic (exact) mass is 478 g/mol. The number of ether oxygens (including phenoxy) is 2. The summed E-state index contributed by atoms with van der Waals surface area (Å²) in [5.74, 6) is -2.28. The predicted octanol–water partition coefficient (Wildman–Crippen LogP) is 3.37. The average Bonchev–Trinajstić information content (AvgIpc) is 3.13. The Hall–Kier alpha value is -2.07. The molecular weight excluding hydrogens is 456 g/mol. The van der Waals surface area contributed by atoms with Crippen molar-refractivity contribution < 1.29 is 36.6 Å². The van der Waals surface area contributed by atoms with Crippen LogP contribution in [0.1, 0.15) is 32.1 Å². The van der Waals surface area contributed by atoms with E-state index >= 15 is 0 Å². The molecule has 0 aromatic heterocycles. The van der Waals surface area contributed by atoms with Crippen LogP contribution in [-0.2, 0) is 14.3 Å². The lowest BCUT2D eigenvalue weighted by Gasteiger charge is -2.39. The molecule has 2 N–H and O–H groups in total. The normalized spacial score (nSPS) is 30.8. The molecule has 2 bridgehead atoms. The number of carbonyl (C=O) groups is 2. The molecule has 6 nitrogen and oxygen atoms in total. The zero-order chi connectivity index (χ0) is 23.1. The summed E-state index contributed by atoms with van der Waals surface area (Å²) in [5.41, 5.74) is -0.414. The maximum Gasteiger partial charge on any atom is 0.392 e. The second kappa shape index (κ2) is 8.70. The summed E-state index contributed by atoms with van der Waals surface area (Å²) in [6, 6.07) is 3.78. The van der Waals surface area contributed by atoms with E-state index in [9.17, 15) is 27.2 Å². The van der Waals surface area contributed by atoms with Crippen LogP contribution in [0.25, 0.3) is 0 Å². The molecule has 32 heavy (non-hydrogen) atoms. The number of alkyl halides is 3. The van der Waals surface area contributed by atoms with Crippen molar-refractivity contribution in [3.63, 3.8) is 0 Å². The summed E-state index contributed by atoms with van der Waals surface area (Å²) in [7, 11) is 0. The summed E-state index contributed by atoms with van der Waals surface area (Å²) in [6.07, 6.45) is -2.96. The Kier molecular flexibility index (Phi) is 6.28. The highest BCUT2D eigenvalue weighted by Gasteiger charge is 2.57. The van der Waals surface area contributed by atoms with Gasteiger partial charge in [0.15, 0.2) is 6.61 Å². The SMILES string of the molecule is O=C(COC1CC(C(F)(F)F)C1)N[C@H]1CC2(NC(=O)COc3ccc(Cl)c(F)c3)CC1C2. The van der Waals surface area contributed by atoms with Gasteiger partial charge in [-0.05, 0) is 50.2 Å². The molecule has 5 rings (SSSR count). The molecule has 0 unspecified atom stereocenters. The van der Waals surface area contributed by atoms with E-state index in [1.807, 2.05) is 0 Å². The van der Waals surface area contributed by atoms with Gasteiger partial charge in [-0.25, -0.2) is 4.39 Å². The molecule has 0 radical (unpaired) electrons. The first-order valence-corrected chi connectivity index (χ1v) is 10.8. The maximum absolute atomic E-state index is 13.4. The first-order chi connectivity index (χ1) is 15.0. The molecule has 0 saturated heterocycles. The lowest BCUT2D eigenvalue weighted by atomic mass is 9.76. The van der Waals surface area contributed by atoms with Gasteiger partial charge in [0.05, 0.1) is 17.0 Å². The van der Waals surface area contributed by atoms with Crippen LogP contribution in [0.3, 0.4) is 0 Å². The molecule has 4 fully saturated rings. The molecule has 1 atom stereocenters. The average molecular weight is 479 g/mol. The number of carbonyl (C=O) groups excluding carboxylic acids is 2. The minimum absolute atomic E-state index is 0.0381. The Morgan fingerprint density at radius 2 is 1.84 bits per heavy atom. The van der Waals surface area contributed by atoms with Gasteiger partial charge in [-0.3, -0.25) is 9.59 Å². The highest BCUT2D eigenvalue weighted by Crippen LogP contribution is 2.52. The van der Waals surface area contributed by atoms with Gasteiger partial charge in [-0.2, -0.15) is 13.2 Å². The Bertz CT molecular complexity index is 885. The van der Waals surface area contributed by atoms with Crippen molar-refractivity contribution in [3.8, 4) is 5.75 Å². The van der Waals surface area contributed by atoms with Crippen molar-refractivity contribution in [3.05, 3.63) is 29.0 Å². The minimum Gasteiger partial charge on any atom is -0.484 e. The van der Waals surface area contributed by atoms with E-state index in [0.29, 0.717) is 6.42 Å². The summed E-state index contributed by atoms with van der Waals surface area (Å²) in [6.45, 7) is -0.554. The highest BCUT2D eigenvalue weighted by atomic mass is 35.5. The lowest BCUT2D eigenvalue weighted by Crippen LogP contribution is -2.53. The fourth-order valence-electron chi connectivity index (χ4n) is 4.76. The molecule has 0 aliphatic heterocycles. The highest BCUT2D eigenvalue weighted by molar-refractivity contribution is 6.30. The van der Waals surface area contributed by atoms with E-state index in [1.54, 1.807) is 0 Å². The molecule has 176 valence electrons. The van der Waals surface area contributed by atoms with Crippen LogP contribution >= 0.6 is 11.6 Å². The van der Waals surface area contributed by atoms with Crippen molar-refractivity contribution in [2.24, 2.45) is 11.8 Å². The molecule has 11 heteroatoms. The smallest absolute Gasteiger partial charge is 0.392 e. The van der Waals surface area contributed by atoms with Crippen molar-refractivity contribution in [1.29, 1.82) is 0 Å². The zero-order valence-electron chi connectivity index (χ0n) is 17.0. The fourth-order valence-corrected chi connectivity index (χ4v) is 4.88. The number of amides is 2. The first kappa shape index (κ1) is 23.1. The topological polar surface area (TPSA) is 76.7 Å². The number of hydrogen-bond acceptors (Lipinski definition) is 4. The Labute approximate surface area is 187 Å². The molecule has 4 aliphatic rings. The van der Waals surface area contributed by atoms with Crippen molar-refractivity contribution >= 4 is 23.4 Å². The number of rotatable bonds is 8. The van der Waals surface area contributed by atoms with E-state index in [2.05, 4.69) is 10.6 Å². The third kappa shape index (κ3) is 5.11. The maximum atomic E-state index is 13.4. The number of benzene rings is 1. The third-order valence-corrected chi connectivity index (χ3v) is 6.81. The molecule has 0 spiro atoms. The lowest BCUT2D eigenvalue weighted by molar-refractivity contribution is -0.219. The number of fused-ring (bicyclic) bond motifs is 1. The summed E-state index contributed by atoms with van der Waals surface area (Å²) in [4.78, 5) is 24.4. The van der Waals surface area contributed by atoms with Crippen molar-refractivity contribution in [2.75, 3.05) is 13.2 Å².